The Bertz CT molecular complexity index is 355. The zero-order valence-corrected chi connectivity index (χ0v) is 10.4. The summed E-state index contributed by atoms with van der Waals surface area (Å²) in [6, 6.07) is 0. The molecule has 1 rings (SSSR count). The SMILES string of the molecule is O=c1[nH][c]([Hg])c(F)c(=O)[nH]1. The topological polar surface area (TPSA) is 65.7 Å². The third-order valence-corrected chi connectivity index (χ3v) is 2.85. The first kappa shape index (κ1) is 7.65. The van der Waals surface area contributed by atoms with Gasteiger partial charge in [-0.15, -0.1) is 0 Å². The Hall–Kier alpha value is -0.455. The normalized spacial score (nSPS) is 9.90. The van der Waals surface area contributed by atoms with Crippen molar-refractivity contribution in [1.82, 2.24) is 9.97 Å². The number of aromatic nitrogens is 2. The Morgan fingerprint density at radius 2 is 1.90 bits per heavy atom. The second-order valence-corrected chi connectivity index (χ2v) is 4.45. The van der Waals surface area contributed by atoms with Gasteiger partial charge in [-0.2, -0.15) is 0 Å². The van der Waals surface area contributed by atoms with Crippen molar-refractivity contribution in [2.24, 2.45) is 0 Å². The molecule has 0 aromatic carbocycles. The molecule has 0 radical (unpaired) electrons. The van der Waals surface area contributed by atoms with Crippen LogP contribution in [-0.2, 0) is 26.1 Å². The van der Waals surface area contributed by atoms with E-state index in [1.165, 1.54) is 0 Å². The van der Waals surface area contributed by atoms with Crippen LogP contribution in [0, 0.1) is 5.82 Å². The molecule has 2 N–H and O–H groups in total. The average Bonchev–Trinajstić information content (AvgIpc) is 1.82. The second-order valence-electron chi connectivity index (χ2n) is 1.70. The number of rotatable bonds is 0. The van der Waals surface area contributed by atoms with Crippen LogP contribution in [-0.4, -0.2) is 9.97 Å². The van der Waals surface area contributed by atoms with Gasteiger partial charge in [0.25, 0.3) is 0 Å². The van der Waals surface area contributed by atoms with Crippen LogP contribution in [0.25, 0.3) is 0 Å². The van der Waals surface area contributed by atoms with E-state index in [2.05, 4.69) is 4.98 Å². The molecule has 4 nitrogen and oxygen atoms in total. The van der Waals surface area contributed by atoms with E-state index < -0.39 is 17.1 Å². The Morgan fingerprint density at radius 3 is 2.40 bits per heavy atom. The molecule has 0 atom stereocenters. The van der Waals surface area contributed by atoms with Gasteiger partial charge in [-0.3, -0.25) is 0 Å². The predicted molar refractivity (Wildman–Crippen MR) is 27.3 cm³/mol. The van der Waals surface area contributed by atoms with E-state index >= 15 is 0 Å². The fraction of sp³-hybridized carbons (Fsp3) is 0. The van der Waals surface area contributed by atoms with Crippen molar-refractivity contribution < 1.29 is 30.5 Å². The second kappa shape index (κ2) is 2.65. The first-order valence-corrected chi connectivity index (χ1v) is 5.20. The minimum absolute atomic E-state index is 0.0727. The summed E-state index contributed by atoms with van der Waals surface area (Å²) in [6.45, 7) is 0. The number of hydrogen-bond acceptors (Lipinski definition) is 2. The summed E-state index contributed by atoms with van der Waals surface area (Å²) in [5.74, 6) is -0.858. The van der Waals surface area contributed by atoms with Crippen LogP contribution >= 0.6 is 0 Å². The van der Waals surface area contributed by atoms with Crippen LogP contribution in [0.5, 0.6) is 0 Å². The molecule has 0 saturated carbocycles. The molecule has 0 unspecified atom stereocenters. The molecule has 0 amide bonds. The third-order valence-electron chi connectivity index (χ3n) is 0.956. The van der Waals surface area contributed by atoms with Crippen LogP contribution in [0.15, 0.2) is 9.59 Å². The van der Waals surface area contributed by atoms with E-state index in [-0.39, 0.29) is 29.3 Å². The molecule has 0 fully saturated rings. The van der Waals surface area contributed by atoms with Crippen molar-refractivity contribution in [1.29, 1.82) is 0 Å². The number of halogens is 1. The number of H-pyrrole nitrogens is 2. The van der Waals surface area contributed by atoms with Crippen molar-refractivity contribution in [3.8, 4) is 0 Å². The Kier molecular flexibility index (Phi) is 2.03. The van der Waals surface area contributed by atoms with Gasteiger partial charge >= 0.3 is 70.3 Å². The molecular formula is C4H2FHgN2O2. The standard InChI is InChI=1S/C4H2FN2O2.Hg/c5-2-1-6-4(9)7-3(2)8;/h(H2,6,7,8,9);. The van der Waals surface area contributed by atoms with Gasteiger partial charge in [-0.25, -0.2) is 0 Å². The molecule has 1 aromatic heterocycles. The Labute approximate surface area is 70.4 Å². The molecule has 0 spiro atoms. The summed E-state index contributed by atoms with van der Waals surface area (Å²) >= 11 is -0.0727. The molecule has 1 aromatic rings. The zero-order chi connectivity index (χ0) is 7.72. The molecule has 6 heteroatoms. The van der Waals surface area contributed by atoms with Gasteiger partial charge in [0.2, 0.25) is 0 Å². The van der Waals surface area contributed by atoms with Gasteiger partial charge in [-0.1, -0.05) is 0 Å². The van der Waals surface area contributed by atoms with Crippen LogP contribution in [0.1, 0.15) is 0 Å². The zero-order valence-electron chi connectivity index (χ0n) is 4.90. The van der Waals surface area contributed by atoms with E-state index in [0.717, 1.165) is 0 Å². The molecule has 49 valence electrons. The van der Waals surface area contributed by atoms with Gasteiger partial charge < -0.3 is 0 Å². The maximum atomic E-state index is 12.4. The van der Waals surface area contributed by atoms with Crippen molar-refractivity contribution >= 4 is 3.20 Å². The quantitative estimate of drug-likeness (QED) is 0.562. The summed E-state index contributed by atoms with van der Waals surface area (Å²) < 4.78 is 12.6. The van der Waals surface area contributed by atoms with Crippen molar-refractivity contribution in [2.75, 3.05) is 0 Å². The minimum atomic E-state index is -0.936. The molecule has 0 aliphatic heterocycles. The van der Waals surface area contributed by atoms with E-state index in [1.54, 1.807) is 4.98 Å². The molecule has 0 saturated heterocycles. The van der Waals surface area contributed by atoms with Gasteiger partial charge in [0.05, 0.1) is 0 Å². The fourth-order valence-corrected chi connectivity index (χ4v) is 1.77. The molecule has 10 heavy (non-hydrogen) atoms. The van der Waals surface area contributed by atoms with Crippen LogP contribution in [0.4, 0.5) is 4.39 Å². The molecule has 0 aliphatic carbocycles. The molecule has 1 heterocycles. The molecule has 0 bridgehead atoms. The van der Waals surface area contributed by atoms with Crippen molar-refractivity contribution in [2.45, 2.75) is 0 Å². The number of nitrogens with one attached hydrogen (secondary N) is 2. The first-order valence-electron chi connectivity index (χ1n) is 2.45. The monoisotopic (exact) mass is 331 g/mol. The average molecular weight is 330 g/mol. The Morgan fingerprint density at radius 1 is 1.30 bits per heavy atom. The third kappa shape index (κ3) is 1.34. The van der Waals surface area contributed by atoms with E-state index in [9.17, 15) is 14.0 Å². The van der Waals surface area contributed by atoms with E-state index in [0.29, 0.717) is 0 Å². The Balaban J connectivity index is 3.62. The van der Waals surface area contributed by atoms with E-state index in [4.69, 9.17) is 0 Å². The number of hydrogen-bond donors (Lipinski definition) is 2. The van der Waals surface area contributed by atoms with Crippen LogP contribution in [0.3, 0.4) is 0 Å². The van der Waals surface area contributed by atoms with Gasteiger partial charge in [0.1, 0.15) is 0 Å². The van der Waals surface area contributed by atoms with Crippen molar-refractivity contribution in [3.63, 3.8) is 0 Å². The summed E-state index contributed by atoms with van der Waals surface area (Å²) in [7, 11) is 0. The van der Waals surface area contributed by atoms with Crippen molar-refractivity contribution in [3.05, 3.63) is 26.7 Å². The molecular weight excluding hydrogens is 328 g/mol. The van der Waals surface area contributed by atoms with E-state index in [1.807, 2.05) is 0 Å². The fourth-order valence-electron chi connectivity index (χ4n) is 0.518. The summed E-state index contributed by atoms with van der Waals surface area (Å²) in [5, 5.41) is 0. The summed E-state index contributed by atoms with van der Waals surface area (Å²) in [4.78, 5) is 24.8. The summed E-state index contributed by atoms with van der Waals surface area (Å²) in [5.41, 5.74) is -1.58. The van der Waals surface area contributed by atoms with Gasteiger partial charge in [0, 0.05) is 0 Å². The van der Waals surface area contributed by atoms with Crippen LogP contribution < -0.4 is 14.5 Å². The number of aromatic amines is 2. The van der Waals surface area contributed by atoms with Gasteiger partial charge in [0.15, 0.2) is 0 Å². The summed E-state index contributed by atoms with van der Waals surface area (Å²) in [6.07, 6.45) is 0. The van der Waals surface area contributed by atoms with Crippen LogP contribution in [0.2, 0.25) is 0 Å². The maximum absolute atomic E-state index is 12.4. The first-order chi connectivity index (χ1) is 4.61. The van der Waals surface area contributed by atoms with Gasteiger partial charge in [-0.05, 0) is 0 Å². The predicted octanol–water partition coefficient (Wildman–Crippen LogP) is -1.63. The molecule has 0 aliphatic rings.